The second kappa shape index (κ2) is 9.15. The lowest BCUT2D eigenvalue weighted by atomic mass is 10.1. The number of rotatable bonds is 6. The highest BCUT2D eigenvalue weighted by Gasteiger charge is 2.19. The van der Waals surface area contributed by atoms with Crippen LogP contribution in [0, 0.1) is 0 Å². The van der Waals surface area contributed by atoms with Gasteiger partial charge in [0.2, 0.25) is 0 Å². The van der Waals surface area contributed by atoms with Crippen molar-refractivity contribution in [1.29, 1.82) is 0 Å². The second-order valence-corrected chi connectivity index (χ2v) is 7.52. The van der Waals surface area contributed by atoms with Crippen LogP contribution >= 0.6 is 31.9 Å². The van der Waals surface area contributed by atoms with Gasteiger partial charge >= 0.3 is 0 Å². The summed E-state index contributed by atoms with van der Waals surface area (Å²) in [5.41, 5.74) is 3.43. The van der Waals surface area contributed by atoms with Crippen molar-refractivity contribution >= 4 is 54.8 Å². The molecule has 0 aliphatic rings. The van der Waals surface area contributed by atoms with Crippen LogP contribution in [0.15, 0.2) is 74.7 Å². The quantitative estimate of drug-likeness (QED) is 0.358. The lowest BCUT2D eigenvalue weighted by molar-refractivity contribution is -0.128. The summed E-state index contributed by atoms with van der Waals surface area (Å²) in [4.78, 5) is 12.5. The number of hydrazone groups is 1. The molecule has 0 saturated carbocycles. The fraction of sp³-hybridized carbons (Fsp3) is 0.143. The number of fused-ring (bicyclic) bond motifs is 1. The Kier molecular flexibility index (Phi) is 6.63. The number of carbonyl (C=O) groups is 1. The zero-order valence-electron chi connectivity index (χ0n) is 14.7. The topological polar surface area (TPSA) is 50.7 Å². The van der Waals surface area contributed by atoms with E-state index < -0.39 is 6.10 Å². The van der Waals surface area contributed by atoms with E-state index in [9.17, 15) is 4.79 Å². The van der Waals surface area contributed by atoms with E-state index in [1.165, 1.54) is 0 Å². The van der Waals surface area contributed by atoms with Crippen LogP contribution in [0.4, 0.5) is 0 Å². The second-order valence-electron chi connectivity index (χ2n) is 5.87. The minimum Gasteiger partial charge on any atom is -0.479 e. The standard InChI is InChI=1S/C21H18Br2N2O2/c1-2-18(21(26)25-24-13-15-8-4-6-10-17(15)22)27-19-12-11-14-7-3-5-9-16(14)20(19)23/h3-13,18H,2H2,1H3,(H,25,26). The van der Waals surface area contributed by atoms with Gasteiger partial charge in [-0.15, -0.1) is 0 Å². The number of benzene rings is 3. The maximum atomic E-state index is 12.5. The third kappa shape index (κ3) is 4.76. The van der Waals surface area contributed by atoms with Crippen molar-refractivity contribution in [2.45, 2.75) is 19.4 Å². The van der Waals surface area contributed by atoms with Gasteiger partial charge in [-0.05, 0) is 45.3 Å². The van der Waals surface area contributed by atoms with Gasteiger partial charge in [0.15, 0.2) is 6.10 Å². The molecule has 0 spiro atoms. The van der Waals surface area contributed by atoms with Gasteiger partial charge in [0.25, 0.3) is 5.91 Å². The number of hydrogen-bond acceptors (Lipinski definition) is 3. The molecule has 0 aliphatic heterocycles. The number of amides is 1. The maximum Gasteiger partial charge on any atom is 0.281 e. The van der Waals surface area contributed by atoms with E-state index >= 15 is 0 Å². The van der Waals surface area contributed by atoms with E-state index in [2.05, 4.69) is 42.4 Å². The zero-order chi connectivity index (χ0) is 19.2. The van der Waals surface area contributed by atoms with Gasteiger partial charge in [-0.3, -0.25) is 4.79 Å². The molecule has 27 heavy (non-hydrogen) atoms. The van der Waals surface area contributed by atoms with E-state index in [0.717, 1.165) is 25.3 Å². The van der Waals surface area contributed by atoms with Gasteiger partial charge in [0, 0.05) is 10.0 Å². The fourth-order valence-corrected chi connectivity index (χ4v) is 3.57. The normalized spacial score (nSPS) is 12.3. The summed E-state index contributed by atoms with van der Waals surface area (Å²) >= 11 is 7.03. The van der Waals surface area contributed by atoms with Crippen molar-refractivity contribution < 1.29 is 9.53 Å². The third-order valence-corrected chi connectivity index (χ3v) is 5.58. The van der Waals surface area contributed by atoms with Crippen LogP contribution < -0.4 is 10.2 Å². The Morgan fingerprint density at radius 3 is 2.63 bits per heavy atom. The Hall–Kier alpha value is -2.18. The number of hydrogen-bond donors (Lipinski definition) is 1. The summed E-state index contributed by atoms with van der Waals surface area (Å²) in [6.07, 6.45) is 1.48. The van der Waals surface area contributed by atoms with Crippen LogP contribution in [0.2, 0.25) is 0 Å². The molecule has 0 aromatic heterocycles. The summed E-state index contributed by atoms with van der Waals surface area (Å²) in [7, 11) is 0. The maximum absolute atomic E-state index is 12.5. The number of nitrogens with zero attached hydrogens (tertiary/aromatic N) is 1. The predicted molar refractivity (Wildman–Crippen MR) is 116 cm³/mol. The Bertz CT molecular complexity index is 989. The SMILES string of the molecule is CCC(Oc1ccc2ccccc2c1Br)C(=O)NN=Cc1ccccc1Br. The van der Waals surface area contributed by atoms with E-state index in [-0.39, 0.29) is 5.91 Å². The van der Waals surface area contributed by atoms with Crippen LogP contribution in [0.3, 0.4) is 0 Å². The highest BCUT2D eigenvalue weighted by atomic mass is 79.9. The predicted octanol–water partition coefficient (Wildman–Crippen LogP) is 5.67. The van der Waals surface area contributed by atoms with Crippen LogP contribution in [-0.4, -0.2) is 18.2 Å². The number of nitrogens with one attached hydrogen (secondary N) is 1. The van der Waals surface area contributed by atoms with Gasteiger partial charge in [-0.25, -0.2) is 5.43 Å². The zero-order valence-corrected chi connectivity index (χ0v) is 17.8. The van der Waals surface area contributed by atoms with Gasteiger partial charge in [0.05, 0.1) is 10.7 Å². The lowest BCUT2D eigenvalue weighted by Crippen LogP contribution is -2.35. The monoisotopic (exact) mass is 488 g/mol. The Morgan fingerprint density at radius 1 is 1.11 bits per heavy atom. The average Bonchev–Trinajstić information content (AvgIpc) is 2.69. The first-order chi connectivity index (χ1) is 13.1. The Labute approximate surface area is 174 Å². The largest absolute Gasteiger partial charge is 0.479 e. The van der Waals surface area contributed by atoms with Gasteiger partial charge in [-0.1, -0.05) is 71.4 Å². The molecule has 0 saturated heterocycles. The molecule has 1 N–H and O–H groups in total. The van der Waals surface area contributed by atoms with E-state index in [4.69, 9.17) is 4.74 Å². The van der Waals surface area contributed by atoms with Crippen molar-refractivity contribution in [3.63, 3.8) is 0 Å². The van der Waals surface area contributed by atoms with Crippen LogP contribution in [0.1, 0.15) is 18.9 Å². The molecule has 4 nitrogen and oxygen atoms in total. The van der Waals surface area contributed by atoms with Crippen molar-refractivity contribution in [2.24, 2.45) is 5.10 Å². The van der Waals surface area contributed by atoms with Crippen molar-refractivity contribution in [2.75, 3.05) is 0 Å². The minimum absolute atomic E-state index is 0.291. The molecule has 0 bridgehead atoms. The average molecular weight is 490 g/mol. The molecule has 0 heterocycles. The highest BCUT2D eigenvalue weighted by Crippen LogP contribution is 2.33. The van der Waals surface area contributed by atoms with E-state index in [0.29, 0.717) is 12.2 Å². The summed E-state index contributed by atoms with van der Waals surface area (Å²) in [5.74, 6) is 0.339. The van der Waals surface area contributed by atoms with Gasteiger partial charge in [0.1, 0.15) is 5.75 Å². The molecule has 3 aromatic rings. The summed E-state index contributed by atoms with van der Waals surface area (Å²) < 4.78 is 7.69. The summed E-state index contributed by atoms with van der Waals surface area (Å²) in [6.45, 7) is 1.90. The van der Waals surface area contributed by atoms with Crippen LogP contribution in [0.5, 0.6) is 5.75 Å². The number of halogens is 2. The molecular formula is C21H18Br2N2O2. The van der Waals surface area contributed by atoms with E-state index in [1.807, 2.05) is 67.6 Å². The molecule has 1 amide bonds. The molecule has 0 aliphatic carbocycles. The Morgan fingerprint density at radius 2 is 1.85 bits per heavy atom. The first-order valence-electron chi connectivity index (χ1n) is 8.51. The minimum atomic E-state index is -0.640. The van der Waals surface area contributed by atoms with Crippen LogP contribution in [-0.2, 0) is 4.79 Å². The Balaban J connectivity index is 1.71. The van der Waals surface area contributed by atoms with Crippen molar-refractivity contribution in [3.05, 3.63) is 75.2 Å². The molecule has 3 aromatic carbocycles. The van der Waals surface area contributed by atoms with Gasteiger partial charge < -0.3 is 4.74 Å². The molecular weight excluding hydrogens is 472 g/mol. The van der Waals surface area contributed by atoms with Crippen molar-refractivity contribution in [1.82, 2.24) is 5.43 Å². The molecule has 138 valence electrons. The molecule has 1 atom stereocenters. The lowest BCUT2D eigenvalue weighted by Gasteiger charge is -2.17. The fourth-order valence-electron chi connectivity index (χ4n) is 2.60. The molecule has 0 fully saturated rings. The molecule has 6 heteroatoms. The van der Waals surface area contributed by atoms with Gasteiger partial charge in [-0.2, -0.15) is 5.10 Å². The molecule has 0 radical (unpaired) electrons. The summed E-state index contributed by atoms with van der Waals surface area (Å²) in [5, 5.41) is 6.18. The molecule has 1 unspecified atom stereocenters. The molecule has 3 rings (SSSR count). The smallest absolute Gasteiger partial charge is 0.281 e. The first-order valence-corrected chi connectivity index (χ1v) is 10.1. The highest BCUT2D eigenvalue weighted by molar-refractivity contribution is 9.11. The van der Waals surface area contributed by atoms with E-state index in [1.54, 1.807) is 6.21 Å². The first kappa shape index (κ1) is 19.6. The van der Waals surface area contributed by atoms with Crippen molar-refractivity contribution in [3.8, 4) is 5.75 Å². The number of ether oxygens (including phenoxy) is 1. The number of carbonyl (C=O) groups excluding carboxylic acids is 1. The third-order valence-electron chi connectivity index (χ3n) is 4.04. The summed E-state index contributed by atoms with van der Waals surface area (Å²) in [6, 6.07) is 19.5. The van der Waals surface area contributed by atoms with Crippen LogP contribution in [0.25, 0.3) is 10.8 Å².